The third-order valence-corrected chi connectivity index (χ3v) is 5.95. The van der Waals surface area contributed by atoms with Crippen LogP contribution in [0.2, 0.25) is 0 Å². The van der Waals surface area contributed by atoms with Gasteiger partial charge in [0.05, 0.1) is 6.04 Å². The van der Waals surface area contributed by atoms with E-state index < -0.39 is 10.2 Å². The van der Waals surface area contributed by atoms with Crippen LogP contribution in [-0.2, 0) is 10.2 Å². The second-order valence-corrected chi connectivity index (χ2v) is 7.60. The molecule has 2 aromatic rings. The number of aromatic nitrogens is 2. The molecule has 1 aromatic heterocycles. The van der Waals surface area contributed by atoms with E-state index in [9.17, 15) is 8.42 Å². The van der Waals surface area contributed by atoms with E-state index in [0.29, 0.717) is 12.4 Å². The maximum absolute atomic E-state index is 12.4. The van der Waals surface area contributed by atoms with Crippen molar-refractivity contribution >= 4 is 16.0 Å². The Morgan fingerprint density at radius 2 is 2.00 bits per heavy atom. The molecule has 1 N–H and O–H groups in total. The van der Waals surface area contributed by atoms with Crippen molar-refractivity contribution in [2.24, 2.45) is 0 Å². The third-order valence-electron chi connectivity index (χ3n) is 4.32. The van der Waals surface area contributed by atoms with E-state index in [1.54, 1.807) is 16.9 Å². The van der Waals surface area contributed by atoms with Gasteiger partial charge in [-0.25, -0.2) is 0 Å². The molecule has 1 aliphatic heterocycles. The molecule has 3 rings (SSSR count). The quantitative estimate of drug-likeness (QED) is 0.914. The van der Waals surface area contributed by atoms with E-state index in [4.69, 9.17) is 0 Å². The Hall–Kier alpha value is -1.86. The molecule has 124 valence electrons. The first-order valence-electron chi connectivity index (χ1n) is 7.87. The Morgan fingerprint density at radius 3 is 2.65 bits per heavy atom. The summed E-state index contributed by atoms with van der Waals surface area (Å²) < 4.78 is 30.7. The minimum absolute atomic E-state index is 0.0397. The maximum atomic E-state index is 12.4. The van der Waals surface area contributed by atoms with Crippen LogP contribution in [0.25, 0.3) is 0 Å². The van der Waals surface area contributed by atoms with E-state index >= 15 is 0 Å². The van der Waals surface area contributed by atoms with Gasteiger partial charge >= 0.3 is 10.2 Å². The molecular weight excluding hydrogens is 312 g/mol. The largest absolute Gasteiger partial charge is 0.303 e. The molecule has 1 aromatic carbocycles. The minimum atomic E-state index is -3.53. The summed E-state index contributed by atoms with van der Waals surface area (Å²) in [6.07, 6.45) is 3.60. The molecule has 0 radical (unpaired) electrons. The molecule has 0 aliphatic carbocycles. The fraction of sp³-hybridized carbons (Fsp3) is 0.438. The van der Waals surface area contributed by atoms with Crippen LogP contribution < -0.4 is 4.72 Å². The number of hydrogen-bond acceptors (Lipinski definition) is 3. The molecule has 2 heterocycles. The zero-order valence-electron chi connectivity index (χ0n) is 13.4. The number of nitrogens with zero attached hydrogens (tertiary/aromatic N) is 3. The fourth-order valence-electron chi connectivity index (χ4n) is 2.95. The summed E-state index contributed by atoms with van der Waals surface area (Å²) in [6.45, 7) is 4.53. The van der Waals surface area contributed by atoms with Crippen molar-refractivity contribution < 1.29 is 8.42 Å². The predicted molar refractivity (Wildman–Crippen MR) is 90.4 cm³/mol. The lowest BCUT2D eigenvalue weighted by atomic mass is 10.1. The van der Waals surface area contributed by atoms with Crippen LogP contribution in [0.5, 0.6) is 0 Å². The van der Waals surface area contributed by atoms with Gasteiger partial charge in [0.1, 0.15) is 0 Å². The maximum Gasteiger partial charge on any atom is 0.303 e. The van der Waals surface area contributed by atoms with Gasteiger partial charge in [0.2, 0.25) is 0 Å². The summed E-state index contributed by atoms with van der Waals surface area (Å²) in [5.41, 5.74) is 1.12. The van der Waals surface area contributed by atoms with E-state index in [0.717, 1.165) is 18.4 Å². The Balaban J connectivity index is 1.75. The first kappa shape index (κ1) is 16.0. The lowest BCUT2D eigenvalue weighted by molar-refractivity contribution is 0.411. The van der Waals surface area contributed by atoms with Crippen molar-refractivity contribution in [2.75, 3.05) is 11.3 Å². The van der Waals surface area contributed by atoms with Gasteiger partial charge in [0.15, 0.2) is 5.82 Å². The molecule has 7 heteroatoms. The van der Waals surface area contributed by atoms with Crippen molar-refractivity contribution in [1.29, 1.82) is 0 Å². The number of benzene rings is 1. The van der Waals surface area contributed by atoms with Crippen molar-refractivity contribution in [3.8, 4) is 0 Å². The second kappa shape index (κ2) is 6.33. The SMILES string of the molecule is CC1CCCN1S(=O)(=O)Nc1ccn(C(C)c2ccccc2)n1. The van der Waals surface area contributed by atoms with Gasteiger partial charge in [0, 0.05) is 24.8 Å². The summed E-state index contributed by atoms with van der Waals surface area (Å²) in [5.74, 6) is 0.354. The van der Waals surface area contributed by atoms with E-state index in [1.807, 2.05) is 44.2 Å². The lowest BCUT2D eigenvalue weighted by Crippen LogP contribution is -2.38. The highest BCUT2D eigenvalue weighted by molar-refractivity contribution is 7.90. The number of hydrogen-bond donors (Lipinski definition) is 1. The topological polar surface area (TPSA) is 67.2 Å². The molecule has 0 saturated carbocycles. The molecule has 0 bridgehead atoms. The van der Waals surface area contributed by atoms with Crippen molar-refractivity contribution in [3.05, 3.63) is 48.2 Å². The minimum Gasteiger partial charge on any atom is -0.263 e. The second-order valence-electron chi connectivity index (χ2n) is 5.98. The predicted octanol–water partition coefficient (Wildman–Crippen LogP) is 2.63. The summed E-state index contributed by atoms with van der Waals surface area (Å²) in [6, 6.07) is 11.8. The Bertz CT molecular complexity index is 757. The summed E-state index contributed by atoms with van der Waals surface area (Å²) in [5, 5.41) is 4.37. The zero-order valence-corrected chi connectivity index (χ0v) is 14.2. The zero-order chi connectivity index (χ0) is 16.4. The molecule has 1 fully saturated rings. The number of rotatable bonds is 5. The van der Waals surface area contributed by atoms with Gasteiger partial charge in [-0.3, -0.25) is 9.40 Å². The highest BCUT2D eigenvalue weighted by Crippen LogP contribution is 2.22. The Kier molecular flexibility index (Phi) is 4.41. The van der Waals surface area contributed by atoms with E-state index in [1.165, 1.54) is 4.31 Å². The molecule has 0 spiro atoms. The first-order chi connectivity index (χ1) is 11.0. The molecule has 23 heavy (non-hydrogen) atoms. The van der Waals surface area contributed by atoms with Gasteiger partial charge < -0.3 is 0 Å². The third kappa shape index (κ3) is 3.40. The average Bonchev–Trinajstić information content (AvgIpc) is 3.16. The normalized spacial score (nSPS) is 20.5. The molecule has 1 saturated heterocycles. The van der Waals surface area contributed by atoms with Crippen LogP contribution in [0.1, 0.15) is 38.3 Å². The van der Waals surface area contributed by atoms with Crippen LogP contribution in [0.15, 0.2) is 42.6 Å². The molecule has 0 amide bonds. The van der Waals surface area contributed by atoms with Gasteiger partial charge in [-0.1, -0.05) is 30.3 Å². The molecule has 2 unspecified atom stereocenters. The fourth-order valence-corrected chi connectivity index (χ4v) is 4.39. The number of anilines is 1. The molecule has 1 aliphatic rings. The first-order valence-corrected chi connectivity index (χ1v) is 9.31. The van der Waals surface area contributed by atoms with Gasteiger partial charge in [-0.05, 0) is 32.3 Å². The highest BCUT2D eigenvalue weighted by atomic mass is 32.2. The summed E-state index contributed by atoms with van der Waals surface area (Å²) in [4.78, 5) is 0. The van der Waals surface area contributed by atoms with E-state index in [-0.39, 0.29) is 12.1 Å². The van der Waals surface area contributed by atoms with Crippen LogP contribution in [0.3, 0.4) is 0 Å². The van der Waals surface area contributed by atoms with E-state index in [2.05, 4.69) is 9.82 Å². The molecular formula is C16H22N4O2S. The van der Waals surface area contributed by atoms with Crippen LogP contribution in [-0.4, -0.2) is 35.1 Å². The van der Waals surface area contributed by atoms with Crippen LogP contribution >= 0.6 is 0 Å². The van der Waals surface area contributed by atoms with Crippen molar-refractivity contribution in [2.45, 2.75) is 38.8 Å². The highest BCUT2D eigenvalue weighted by Gasteiger charge is 2.31. The van der Waals surface area contributed by atoms with Crippen LogP contribution in [0, 0.1) is 0 Å². The molecule has 2 atom stereocenters. The molecule has 6 nitrogen and oxygen atoms in total. The van der Waals surface area contributed by atoms with Crippen molar-refractivity contribution in [3.63, 3.8) is 0 Å². The summed E-state index contributed by atoms with van der Waals surface area (Å²) in [7, 11) is -3.53. The summed E-state index contributed by atoms with van der Waals surface area (Å²) >= 11 is 0. The average molecular weight is 334 g/mol. The lowest BCUT2D eigenvalue weighted by Gasteiger charge is -2.20. The Morgan fingerprint density at radius 1 is 1.26 bits per heavy atom. The van der Waals surface area contributed by atoms with Crippen molar-refractivity contribution in [1.82, 2.24) is 14.1 Å². The number of nitrogens with one attached hydrogen (secondary N) is 1. The standard InChI is InChI=1S/C16H22N4O2S/c1-13-7-6-11-20(13)23(21,22)18-16-10-12-19(17-16)14(2)15-8-4-3-5-9-15/h3-5,8-10,12-14H,6-7,11H2,1-2H3,(H,17,18). The van der Waals surface area contributed by atoms with Crippen LogP contribution in [0.4, 0.5) is 5.82 Å². The Labute approximate surface area is 137 Å². The monoisotopic (exact) mass is 334 g/mol. The van der Waals surface area contributed by atoms with Gasteiger partial charge in [-0.2, -0.15) is 17.8 Å². The van der Waals surface area contributed by atoms with Gasteiger partial charge in [-0.15, -0.1) is 0 Å². The van der Waals surface area contributed by atoms with Gasteiger partial charge in [0.25, 0.3) is 0 Å². The smallest absolute Gasteiger partial charge is 0.263 e.